The van der Waals surface area contributed by atoms with Gasteiger partial charge in [-0.3, -0.25) is 9.69 Å². The highest BCUT2D eigenvalue weighted by Gasteiger charge is 2.20. The molecule has 3 aromatic rings. The van der Waals surface area contributed by atoms with Crippen LogP contribution in [0.25, 0.3) is 0 Å². The first-order valence-corrected chi connectivity index (χ1v) is 9.72. The quantitative estimate of drug-likeness (QED) is 0.614. The Bertz CT molecular complexity index is 890. The van der Waals surface area contributed by atoms with Crippen LogP contribution in [0.15, 0.2) is 53.1 Å². The minimum atomic E-state index is -0.333. The normalized spacial score (nSPS) is 15.9. The second kappa shape index (κ2) is 9.44. The van der Waals surface area contributed by atoms with Crippen molar-refractivity contribution in [2.24, 2.45) is 0 Å². The average molecular weight is 396 g/mol. The highest BCUT2D eigenvalue weighted by atomic mass is 16.5. The van der Waals surface area contributed by atoms with E-state index in [4.69, 9.17) is 9.15 Å². The lowest BCUT2D eigenvalue weighted by molar-refractivity contribution is -0.122. The van der Waals surface area contributed by atoms with Crippen LogP contribution >= 0.6 is 0 Å². The van der Waals surface area contributed by atoms with Crippen molar-refractivity contribution in [3.63, 3.8) is 0 Å². The van der Waals surface area contributed by atoms with Crippen molar-refractivity contribution in [2.45, 2.75) is 25.6 Å². The Morgan fingerprint density at radius 2 is 1.97 bits per heavy atom. The number of nitrogens with one attached hydrogen (secondary N) is 1. The molecule has 1 aliphatic heterocycles. The summed E-state index contributed by atoms with van der Waals surface area (Å²) >= 11 is 0. The highest BCUT2D eigenvalue weighted by molar-refractivity contribution is 5.76. The number of benzene rings is 1. The molecule has 9 heteroatoms. The first kappa shape index (κ1) is 19.3. The van der Waals surface area contributed by atoms with E-state index in [1.165, 1.54) is 0 Å². The number of carbonyl (C=O) groups is 1. The Morgan fingerprint density at radius 1 is 1.14 bits per heavy atom. The van der Waals surface area contributed by atoms with E-state index < -0.39 is 0 Å². The number of aromatic nitrogens is 4. The number of carbonyl (C=O) groups excluding carboxylic acids is 1. The van der Waals surface area contributed by atoms with Crippen LogP contribution in [0.1, 0.15) is 29.6 Å². The van der Waals surface area contributed by atoms with Crippen LogP contribution in [0.5, 0.6) is 0 Å². The van der Waals surface area contributed by atoms with E-state index >= 15 is 0 Å². The molecule has 3 heterocycles. The van der Waals surface area contributed by atoms with Crippen molar-refractivity contribution >= 4 is 5.91 Å². The molecule has 0 radical (unpaired) electrons. The standard InChI is InChI=1S/C20H24N6O3/c27-19(21-20(17-7-4-12-29-17)16-5-2-1-3-6-16)8-9-26-18(22-23-24-26)15-25-10-13-28-14-11-25/h1-7,12,20H,8-11,13-15H2,(H,21,27). The van der Waals surface area contributed by atoms with E-state index in [0.717, 1.165) is 37.7 Å². The first-order valence-electron chi connectivity index (χ1n) is 9.72. The minimum absolute atomic E-state index is 0.0944. The number of furan rings is 1. The van der Waals surface area contributed by atoms with Gasteiger partial charge in [0.1, 0.15) is 11.8 Å². The van der Waals surface area contributed by atoms with Crippen LogP contribution < -0.4 is 5.32 Å². The molecule has 1 N–H and O–H groups in total. The van der Waals surface area contributed by atoms with Gasteiger partial charge in [0.05, 0.1) is 32.6 Å². The minimum Gasteiger partial charge on any atom is -0.467 e. The molecule has 1 atom stereocenters. The SMILES string of the molecule is O=C(CCn1nnnc1CN1CCOCC1)NC(c1ccccc1)c1ccco1. The van der Waals surface area contributed by atoms with Gasteiger partial charge in [0.25, 0.3) is 0 Å². The summed E-state index contributed by atoms with van der Waals surface area (Å²) in [5, 5.41) is 15.0. The maximum Gasteiger partial charge on any atom is 0.222 e. The Kier molecular flexibility index (Phi) is 6.28. The molecule has 1 amide bonds. The third-order valence-electron chi connectivity index (χ3n) is 4.89. The number of hydrogen-bond donors (Lipinski definition) is 1. The van der Waals surface area contributed by atoms with Gasteiger partial charge in [-0.05, 0) is 28.1 Å². The number of amides is 1. The summed E-state index contributed by atoms with van der Waals surface area (Å²) < 4.78 is 12.6. The van der Waals surface area contributed by atoms with E-state index in [-0.39, 0.29) is 18.4 Å². The Labute approximate surface area is 168 Å². The van der Waals surface area contributed by atoms with Gasteiger partial charge in [0.15, 0.2) is 5.82 Å². The summed E-state index contributed by atoms with van der Waals surface area (Å²) in [6.07, 6.45) is 1.88. The number of nitrogens with zero attached hydrogens (tertiary/aromatic N) is 5. The van der Waals surface area contributed by atoms with Gasteiger partial charge in [-0.1, -0.05) is 30.3 Å². The van der Waals surface area contributed by atoms with Gasteiger partial charge in [-0.25, -0.2) is 4.68 Å². The fraction of sp³-hybridized carbons (Fsp3) is 0.400. The lowest BCUT2D eigenvalue weighted by atomic mass is 10.0. The number of aryl methyl sites for hydroxylation is 1. The van der Waals surface area contributed by atoms with Crippen LogP contribution in [-0.4, -0.2) is 57.3 Å². The predicted molar refractivity (Wildman–Crippen MR) is 104 cm³/mol. The second-order valence-electron chi connectivity index (χ2n) is 6.88. The van der Waals surface area contributed by atoms with Gasteiger partial charge in [0.2, 0.25) is 5.91 Å². The van der Waals surface area contributed by atoms with Crippen LogP contribution in [0.2, 0.25) is 0 Å². The third-order valence-corrected chi connectivity index (χ3v) is 4.89. The molecule has 1 unspecified atom stereocenters. The molecule has 0 aliphatic carbocycles. The van der Waals surface area contributed by atoms with Gasteiger partial charge >= 0.3 is 0 Å². The molecule has 9 nitrogen and oxygen atoms in total. The molecule has 1 aliphatic rings. The van der Waals surface area contributed by atoms with Crippen molar-refractivity contribution in [3.05, 3.63) is 65.9 Å². The predicted octanol–water partition coefficient (Wildman–Crippen LogP) is 1.39. The smallest absolute Gasteiger partial charge is 0.222 e. The zero-order chi connectivity index (χ0) is 19.9. The number of morpholine rings is 1. The Morgan fingerprint density at radius 3 is 2.72 bits per heavy atom. The maximum atomic E-state index is 12.7. The molecule has 2 aromatic heterocycles. The topological polar surface area (TPSA) is 98.3 Å². The third kappa shape index (κ3) is 5.07. The van der Waals surface area contributed by atoms with Crippen LogP contribution in [-0.2, 0) is 22.6 Å². The van der Waals surface area contributed by atoms with E-state index in [1.807, 2.05) is 42.5 Å². The largest absolute Gasteiger partial charge is 0.467 e. The summed E-state index contributed by atoms with van der Waals surface area (Å²) in [4.78, 5) is 14.9. The highest BCUT2D eigenvalue weighted by Crippen LogP contribution is 2.22. The van der Waals surface area contributed by atoms with Gasteiger partial charge in [0, 0.05) is 19.5 Å². The monoisotopic (exact) mass is 396 g/mol. The van der Waals surface area contributed by atoms with Crippen molar-refractivity contribution in [1.29, 1.82) is 0 Å². The van der Waals surface area contributed by atoms with E-state index in [9.17, 15) is 4.79 Å². The second-order valence-corrected chi connectivity index (χ2v) is 6.88. The molecule has 1 saturated heterocycles. The van der Waals surface area contributed by atoms with Crippen LogP contribution in [0.4, 0.5) is 0 Å². The average Bonchev–Trinajstić information content (AvgIpc) is 3.44. The zero-order valence-electron chi connectivity index (χ0n) is 16.1. The summed E-state index contributed by atoms with van der Waals surface area (Å²) in [6, 6.07) is 13.1. The van der Waals surface area contributed by atoms with Gasteiger partial charge in [-0.15, -0.1) is 5.10 Å². The van der Waals surface area contributed by atoms with Crippen molar-refractivity contribution in [3.8, 4) is 0 Å². The molecular formula is C20H24N6O3. The zero-order valence-corrected chi connectivity index (χ0v) is 16.1. The number of rotatable bonds is 8. The number of ether oxygens (including phenoxy) is 1. The maximum absolute atomic E-state index is 12.7. The molecule has 1 aromatic carbocycles. The Balaban J connectivity index is 1.36. The summed E-state index contributed by atoms with van der Waals surface area (Å²) in [5.41, 5.74) is 0.964. The molecule has 0 saturated carbocycles. The molecule has 1 fully saturated rings. The lowest BCUT2D eigenvalue weighted by Gasteiger charge is -2.25. The molecule has 152 valence electrons. The van der Waals surface area contributed by atoms with E-state index in [2.05, 4.69) is 25.7 Å². The number of hydrogen-bond acceptors (Lipinski definition) is 7. The van der Waals surface area contributed by atoms with Crippen molar-refractivity contribution < 1.29 is 13.9 Å². The number of tetrazole rings is 1. The molecule has 0 spiro atoms. The molecular weight excluding hydrogens is 372 g/mol. The fourth-order valence-corrected chi connectivity index (χ4v) is 3.33. The summed E-state index contributed by atoms with van der Waals surface area (Å²) in [7, 11) is 0. The summed E-state index contributed by atoms with van der Waals surface area (Å²) in [6.45, 7) is 4.22. The lowest BCUT2D eigenvalue weighted by Crippen LogP contribution is -2.36. The van der Waals surface area contributed by atoms with Crippen LogP contribution in [0, 0.1) is 0 Å². The van der Waals surface area contributed by atoms with E-state index in [1.54, 1.807) is 10.9 Å². The van der Waals surface area contributed by atoms with Crippen molar-refractivity contribution in [2.75, 3.05) is 26.3 Å². The fourth-order valence-electron chi connectivity index (χ4n) is 3.33. The van der Waals surface area contributed by atoms with Gasteiger partial charge < -0.3 is 14.5 Å². The van der Waals surface area contributed by atoms with Crippen molar-refractivity contribution in [1.82, 2.24) is 30.4 Å². The molecule has 4 rings (SSSR count). The first-order chi connectivity index (χ1) is 14.3. The Hall–Kier alpha value is -3.04. The molecule has 29 heavy (non-hydrogen) atoms. The van der Waals surface area contributed by atoms with Crippen LogP contribution in [0.3, 0.4) is 0 Å². The van der Waals surface area contributed by atoms with E-state index in [0.29, 0.717) is 18.8 Å². The molecule has 0 bridgehead atoms. The van der Waals surface area contributed by atoms with Gasteiger partial charge in [-0.2, -0.15) is 0 Å². The summed E-state index contributed by atoms with van der Waals surface area (Å²) in [5.74, 6) is 1.35.